The molecule has 1 heterocycles. The smallest absolute Gasteiger partial charge is 0.268 e. The van der Waals surface area contributed by atoms with Crippen molar-refractivity contribution < 1.29 is 13.9 Å². The molecule has 0 aliphatic carbocycles. The Morgan fingerprint density at radius 1 is 1.47 bits per heavy atom. The van der Waals surface area contributed by atoms with E-state index in [9.17, 15) is 4.79 Å². The molecular weight excluding hydrogens is 246 g/mol. The Balaban J connectivity index is 2.00. The summed E-state index contributed by atoms with van der Waals surface area (Å²) in [4.78, 5) is 11.2. The van der Waals surface area contributed by atoms with Crippen molar-refractivity contribution in [2.24, 2.45) is 5.84 Å². The number of nitrogens with one attached hydrogen (secondary N) is 1. The third-order valence-electron chi connectivity index (χ3n) is 2.39. The number of furan rings is 1. The lowest BCUT2D eigenvalue weighted by molar-refractivity contribution is 0.0953. The van der Waals surface area contributed by atoms with Gasteiger partial charge >= 0.3 is 0 Å². The zero-order chi connectivity index (χ0) is 13.7. The molecule has 0 saturated carbocycles. The molecule has 0 fully saturated rings. The second kappa shape index (κ2) is 5.71. The Bertz CT molecular complexity index is 628. The van der Waals surface area contributed by atoms with Gasteiger partial charge in [-0.05, 0) is 24.3 Å². The maximum atomic E-state index is 11.2. The molecular formula is C13H11N3O3. The normalized spacial score (nSPS) is 9.68. The first-order valence-electron chi connectivity index (χ1n) is 5.44. The first-order chi connectivity index (χ1) is 9.22. The van der Waals surface area contributed by atoms with Crippen LogP contribution >= 0.6 is 0 Å². The first kappa shape index (κ1) is 12.7. The second-order valence-electron chi connectivity index (χ2n) is 3.70. The summed E-state index contributed by atoms with van der Waals surface area (Å²) in [6, 6.07) is 10.3. The molecule has 0 spiro atoms. The summed E-state index contributed by atoms with van der Waals surface area (Å²) in [5.41, 5.74) is 2.85. The molecule has 1 aromatic carbocycles. The predicted octanol–water partition coefficient (Wildman–Crippen LogP) is 1.33. The summed E-state index contributed by atoms with van der Waals surface area (Å²) < 4.78 is 10.6. The van der Waals surface area contributed by atoms with Crippen LogP contribution in [0.4, 0.5) is 0 Å². The standard InChI is InChI=1S/C13H11N3O3/c14-6-9-2-1-3-11(4-9)19-8-12-5-10(7-18-12)13(17)16-15/h1-5,7H,8,15H2,(H,16,17). The van der Waals surface area contributed by atoms with Crippen LogP contribution in [0.5, 0.6) is 5.75 Å². The molecule has 0 bridgehead atoms. The molecule has 2 rings (SSSR count). The summed E-state index contributed by atoms with van der Waals surface area (Å²) in [5.74, 6) is 5.62. The summed E-state index contributed by atoms with van der Waals surface area (Å²) >= 11 is 0. The van der Waals surface area contributed by atoms with Gasteiger partial charge in [-0.1, -0.05) is 6.07 Å². The number of benzene rings is 1. The van der Waals surface area contributed by atoms with Gasteiger partial charge in [0.25, 0.3) is 5.91 Å². The molecule has 0 aliphatic heterocycles. The molecule has 19 heavy (non-hydrogen) atoms. The van der Waals surface area contributed by atoms with Crippen LogP contribution in [-0.2, 0) is 6.61 Å². The van der Waals surface area contributed by atoms with Gasteiger partial charge in [0.05, 0.1) is 17.2 Å². The lowest BCUT2D eigenvalue weighted by Crippen LogP contribution is -2.29. The van der Waals surface area contributed by atoms with Crippen molar-refractivity contribution in [1.29, 1.82) is 5.26 Å². The Hall–Kier alpha value is -2.78. The number of nitrogens with two attached hydrogens (primary N) is 1. The van der Waals surface area contributed by atoms with E-state index < -0.39 is 5.91 Å². The van der Waals surface area contributed by atoms with Gasteiger partial charge in [-0.15, -0.1) is 0 Å². The third-order valence-corrected chi connectivity index (χ3v) is 2.39. The SMILES string of the molecule is N#Cc1cccc(OCc2cc(C(=O)NN)co2)c1. The van der Waals surface area contributed by atoms with Crippen LogP contribution in [-0.4, -0.2) is 5.91 Å². The van der Waals surface area contributed by atoms with Crippen molar-refractivity contribution >= 4 is 5.91 Å². The fourth-order valence-corrected chi connectivity index (χ4v) is 1.47. The van der Waals surface area contributed by atoms with Crippen LogP contribution in [0.1, 0.15) is 21.7 Å². The average molecular weight is 257 g/mol. The number of nitrogen functional groups attached to an aromatic ring is 1. The van der Waals surface area contributed by atoms with Crippen LogP contribution in [0.3, 0.4) is 0 Å². The zero-order valence-corrected chi connectivity index (χ0v) is 9.92. The molecule has 0 unspecified atom stereocenters. The van der Waals surface area contributed by atoms with Crippen LogP contribution in [0.2, 0.25) is 0 Å². The Labute approximate surface area is 109 Å². The van der Waals surface area contributed by atoms with E-state index in [0.29, 0.717) is 22.6 Å². The molecule has 96 valence electrons. The predicted molar refractivity (Wildman–Crippen MR) is 65.9 cm³/mol. The number of ether oxygens (including phenoxy) is 1. The number of amides is 1. The van der Waals surface area contributed by atoms with Crippen LogP contribution in [0, 0.1) is 11.3 Å². The lowest BCUT2D eigenvalue weighted by atomic mass is 10.2. The van der Waals surface area contributed by atoms with Gasteiger partial charge < -0.3 is 9.15 Å². The third kappa shape index (κ3) is 3.12. The lowest BCUT2D eigenvalue weighted by Gasteiger charge is -2.03. The molecule has 1 amide bonds. The summed E-state index contributed by atoms with van der Waals surface area (Å²) in [6.07, 6.45) is 1.30. The van der Waals surface area contributed by atoms with Crippen LogP contribution in [0.15, 0.2) is 41.0 Å². The van der Waals surface area contributed by atoms with Gasteiger partial charge in [0.2, 0.25) is 0 Å². The number of hydrazine groups is 1. The van der Waals surface area contributed by atoms with Gasteiger partial charge in [0, 0.05) is 0 Å². The molecule has 2 aromatic rings. The number of nitriles is 1. The highest BCUT2D eigenvalue weighted by Crippen LogP contribution is 2.15. The fraction of sp³-hybridized carbons (Fsp3) is 0.0769. The van der Waals surface area contributed by atoms with E-state index in [2.05, 4.69) is 0 Å². The largest absolute Gasteiger partial charge is 0.486 e. The number of carbonyl (C=O) groups excluding carboxylic acids is 1. The van der Waals surface area contributed by atoms with E-state index in [1.54, 1.807) is 24.3 Å². The van der Waals surface area contributed by atoms with E-state index in [0.717, 1.165) is 0 Å². The van der Waals surface area contributed by atoms with Crippen molar-refractivity contribution in [3.8, 4) is 11.8 Å². The summed E-state index contributed by atoms with van der Waals surface area (Å²) in [6.45, 7) is 0.159. The molecule has 0 radical (unpaired) electrons. The van der Waals surface area contributed by atoms with E-state index in [4.69, 9.17) is 20.3 Å². The number of carbonyl (C=O) groups is 1. The number of rotatable bonds is 4. The van der Waals surface area contributed by atoms with Crippen LogP contribution in [0.25, 0.3) is 0 Å². The van der Waals surface area contributed by atoms with Crippen LogP contribution < -0.4 is 16.0 Å². The van der Waals surface area contributed by atoms with Crippen molar-refractivity contribution in [3.05, 3.63) is 53.5 Å². The maximum absolute atomic E-state index is 11.2. The van der Waals surface area contributed by atoms with Gasteiger partial charge in [-0.25, -0.2) is 5.84 Å². The average Bonchev–Trinajstić information content (AvgIpc) is 2.93. The number of hydrogen-bond donors (Lipinski definition) is 2. The molecule has 3 N–H and O–H groups in total. The van der Waals surface area contributed by atoms with Gasteiger partial charge in [-0.3, -0.25) is 10.2 Å². The monoisotopic (exact) mass is 257 g/mol. The quantitative estimate of drug-likeness (QED) is 0.489. The molecule has 0 saturated heterocycles. The highest BCUT2D eigenvalue weighted by atomic mass is 16.5. The zero-order valence-electron chi connectivity index (χ0n) is 9.92. The number of nitrogens with zero attached hydrogens (tertiary/aromatic N) is 1. The van der Waals surface area contributed by atoms with Crippen molar-refractivity contribution in [1.82, 2.24) is 5.43 Å². The molecule has 6 heteroatoms. The van der Waals surface area contributed by atoms with Crippen molar-refractivity contribution in [2.75, 3.05) is 0 Å². The minimum Gasteiger partial charge on any atom is -0.486 e. The minimum absolute atomic E-state index is 0.159. The topological polar surface area (TPSA) is 101 Å². The van der Waals surface area contributed by atoms with Gasteiger partial charge in [0.15, 0.2) is 0 Å². The number of hydrogen-bond acceptors (Lipinski definition) is 5. The Kier molecular flexibility index (Phi) is 3.81. The van der Waals surface area contributed by atoms with Gasteiger partial charge in [-0.2, -0.15) is 5.26 Å². The summed E-state index contributed by atoms with van der Waals surface area (Å²) in [5, 5.41) is 8.76. The molecule has 0 atom stereocenters. The van der Waals surface area contributed by atoms with E-state index in [-0.39, 0.29) is 6.61 Å². The summed E-state index contributed by atoms with van der Waals surface area (Å²) in [7, 11) is 0. The second-order valence-corrected chi connectivity index (χ2v) is 3.70. The minimum atomic E-state index is -0.429. The molecule has 0 aliphatic rings. The van der Waals surface area contributed by atoms with Crippen molar-refractivity contribution in [3.63, 3.8) is 0 Å². The molecule has 6 nitrogen and oxygen atoms in total. The molecule has 1 aromatic heterocycles. The van der Waals surface area contributed by atoms with E-state index >= 15 is 0 Å². The maximum Gasteiger partial charge on any atom is 0.268 e. The van der Waals surface area contributed by atoms with E-state index in [1.807, 2.05) is 11.5 Å². The Morgan fingerprint density at radius 3 is 3.05 bits per heavy atom. The van der Waals surface area contributed by atoms with Crippen molar-refractivity contribution in [2.45, 2.75) is 6.61 Å². The highest BCUT2D eigenvalue weighted by molar-refractivity contribution is 5.93. The van der Waals surface area contributed by atoms with Gasteiger partial charge in [0.1, 0.15) is 24.4 Å². The Morgan fingerprint density at radius 2 is 2.32 bits per heavy atom. The fourth-order valence-electron chi connectivity index (χ4n) is 1.47. The van der Waals surface area contributed by atoms with E-state index in [1.165, 1.54) is 12.3 Å². The first-order valence-corrected chi connectivity index (χ1v) is 5.44. The highest BCUT2D eigenvalue weighted by Gasteiger charge is 2.09.